The van der Waals surface area contributed by atoms with Gasteiger partial charge in [-0.25, -0.2) is 0 Å². The van der Waals surface area contributed by atoms with Crippen molar-refractivity contribution in [3.63, 3.8) is 0 Å². The highest BCUT2D eigenvalue weighted by atomic mass is 14.4. The van der Waals surface area contributed by atoms with Gasteiger partial charge in [-0.2, -0.15) is 5.26 Å². The first kappa shape index (κ1) is 6.91. The minimum absolute atomic E-state index is 0.351. The smallest absolute Gasteiger partial charge is 0.0656 e. The molecule has 0 spiro atoms. The van der Waals surface area contributed by atoms with Crippen molar-refractivity contribution in [2.75, 3.05) is 0 Å². The quantitative estimate of drug-likeness (QED) is 0.483. The molecule has 2 aliphatic carbocycles. The maximum atomic E-state index is 8.77. The molecule has 0 amide bonds. The number of fused-ring (bicyclic) bond motifs is 2. The first-order chi connectivity index (χ1) is 5.38. The van der Waals surface area contributed by atoms with Gasteiger partial charge < -0.3 is 0 Å². The molecule has 3 unspecified atom stereocenters. The van der Waals surface area contributed by atoms with Gasteiger partial charge in [0.2, 0.25) is 0 Å². The predicted molar refractivity (Wildman–Crippen MR) is 43.7 cm³/mol. The molecule has 0 radical (unpaired) electrons. The molecule has 0 aliphatic heterocycles. The Bertz CT molecular complexity index is 211. The lowest BCUT2D eigenvalue weighted by atomic mass is 9.71. The van der Waals surface area contributed by atoms with Gasteiger partial charge in [-0.15, -0.1) is 0 Å². The molecular weight excluding hydrogens is 134 g/mol. The number of nitriles is 1. The Morgan fingerprint density at radius 3 is 2.91 bits per heavy atom. The molecule has 0 saturated heterocycles. The van der Waals surface area contributed by atoms with Crippen molar-refractivity contribution in [2.45, 2.75) is 25.7 Å². The van der Waals surface area contributed by atoms with Gasteiger partial charge in [-0.1, -0.05) is 12.2 Å². The molecule has 2 rings (SSSR count). The van der Waals surface area contributed by atoms with Crippen LogP contribution in [0.2, 0.25) is 0 Å². The molecule has 3 atom stereocenters. The van der Waals surface area contributed by atoms with Crippen molar-refractivity contribution in [2.24, 2.45) is 17.8 Å². The Hall–Kier alpha value is -0.770. The van der Waals surface area contributed by atoms with Crippen LogP contribution in [0.3, 0.4) is 0 Å². The largest absolute Gasteiger partial charge is 0.198 e. The minimum Gasteiger partial charge on any atom is -0.198 e. The van der Waals surface area contributed by atoms with E-state index in [1.165, 1.54) is 12.8 Å². The number of allylic oxidation sites excluding steroid dienone is 2. The second kappa shape index (κ2) is 2.70. The summed E-state index contributed by atoms with van der Waals surface area (Å²) >= 11 is 0. The van der Waals surface area contributed by atoms with Gasteiger partial charge >= 0.3 is 0 Å². The average Bonchev–Trinajstić information content (AvgIpc) is 2.03. The van der Waals surface area contributed by atoms with Crippen LogP contribution in [0.15, 0.2) is 12.2 Å². The molecule has 58 valence electrons. The van der Waals surface area contributed by atoms with E-state index in [1.54, 1.807) is 0 Å². The van der Waals surface area contributed by atoms with E-state index in [1.807, 2.05) is 0 Å². The number of rotatable bonds is 0. The molecule has 1 saturated carbocycles. The molecule has 2 aliphatic rings. The van der Waals surface area contributed by atoms with E-state index in [-0.39, 0.29) is 0 Å². The van der Waals surface area contributed by atoms with E-state index < -0.39 is 0 Å². The molecule has 11 heavy (non-hydrogen) atoms. The lowest BCUT2D eigenvalue weighted by Gasteiger charge is -2.32. The lowest BCUT2D eigenvalue weighted by Crippen LogP contribution is -2.23. The van der Waals surface area contributed by atoms with Gasteiger partial charge in [0.1, 0.15) is 0 Å². The van der Waals surface area contributed by atoms with E-state index >= 15 is 0 Å². The monoisotopic (exact) mass is 147 g/mol. The van der Waals surface area contributed by atoms with Crippen LogP contribution in [-0.2, 0) is 0 Å². The summed E-state index contributed by atoms with van der Waals surface area (Å²) in [5, 5.41) is 8.77. The Morgan fingerprint density at radius 2 is 2.18 bits per heavy atom. The second-order valence-electron chi connectivity index (χ2n) is 3.82. The van der Waals surface area contributed by atoms with E-state index in [2.05, 4.69) is 18.2 Å². The van der Waals surface area contributed by atoms with Crippen LogP contribution in [0.25, 0.3) is 0 Å². The van der Waals surface area contributed by atoms with Gasteiger partial charge in [0.25, 0.3) is 0 Å². The molecule has 0 aromatic heterocycles. The fraction of sp³-hybridized carbons (Fsp3) is 0.700. The minimum atomic E-state index is 0.351. The summed E-state index contributed by atoms with van der Waals surface area (Å²) in [5.74, 6) is 1.90. The molecule has 1 heteroatoms. The molecule has 0 N–H and O–H groups in total. The molecule has 2 bridgehead atoms. The molecule has 0 aromatic rings. The van der Waals surface area contributed by atoms with Gasteiger partial charge in [0.15, 0.2) is 0 Å². The highest BCUT2D eigenvalue weighted by molar-refractivity contribution is 5.03. The SMILES string of the molecule is N#CC1CC2C=CCC(C1)C2. The molecular formula is C10H13N. The first-order valence-corrected chi connectivity index (χ1v) is 4.44. The van der Waals surface area contributed by atoms with Gasteiger partial charge in [0, 0.05) is 5.92 Å². The van der Waals surface area contributed by atoms with Crippen molar-refractivity contribution in [1.82, 2.24) is 0 Å². The summed E-state index contributed by atoms with van der Waals surface area (Å²) in [4.78, 5) is 0. The van der Waals surface area contributed by atoms with Crippen LogP contribution in [0.4, 0.5) is 0 Å². The summed E-state index contributed by atoms with van der Waals surface area (Å²) in [6.07, 6.45) is 9.43. The van der Waals surface area contributed by atoms with E-state index in [0.29, 0.717) is 5.92 Å². The number of hydrogen-bond donors (Lipinski definition) is 0. The van der Waals surface area contributed by atoms with Crippen molar-refractivity contribution in [3.8, 4) is 6.07 Å². The lowest BCUT2D eigenvalue weighted by molar-refractivity contribution is 0.249. The fourth-order valence-corrected chi connectivity index (χ4v) is 2.40. The Kier molecular flexibility index (Phi) is 1.69. The van der Waals surface area contributed by atoms with E-state index in [0.717, 1.165) is 24.7 Å². The molecule has 0 aromatic carbocycles. The molecule has 0 heterocycles. The fourth-order valence-electron chi connectivity index (χ4n) is 2.40. The van der Waals surface area contributed by atoms with Crippen LogP contribution in [-0.4, -0.2) is 0 Å². The normalized spacial score (nSPS) is 41.5. The first-order valence-electron chi connectivity index (χ1n) is 4.44. The van der Waals surface area contributed by atoms with E-state index in [9.17, 15) is 0 Å². The van der Waals surface area contributed by atoms with Gasteiger partial charge in [-0.05, 0) is 37.5 Å². The maximum Gasteiger partial charge on any atom is 0.0656 e. The van der Waals surface area contributed by atoms with Gasteiger partial charge in [-0.3, -0.25) is 0 Å². The topological polar surface area (TPSA) is 23.8 Å². The van der Waals surface area contributed by atoms with Crippen LogP contribution < -0.4 is 0 Å². The third-order valence-corrected chi connectivity index (χ3v) is 2.90. The van der Waals surface area contributed by atoms with Crippen molar-refractivity contribution in [1.29, 1.82) is 5.26 Å². The van der Waals surface area contributed by atoms with E-state index in [4.69, 9.17) is 5.26 Å². The number of nitrogens with zero attached hydrogens (tertiary/aromatic N) is 1. The molecule has 1 nitrogen and oxygen atoms in total. The third-order valence-electron chi connectivity index (χ3n) is 2.90. The Labute approximate surface area is 67.7 Å². The summed E-state index contributed by atoms with van der Waals surface area (Å²) < 4.78 is 0. The van der Waals surface area contributed by atoms with Crippen molar-refractivity contribution in [3.05, 3.63) is 12.2 Å². The third kappa shape index (κ3) is 1.30. The average molecular weight is 147 g/mol. The Morgan fingerprint density at radius 1 is 1.27 bits per heavy atom. The summed E-state index contributed by atoms with van der Waals surface area (Å²) in [5.41, 5.74) is 0. The van der Waals surface area contributed by atoms with Crippen LogP contribution in [0.5, 0.6) is 0 Å². The highest BCUT2D eigenvalue weighted by Gasteiger charge is 2.28. The maximum absolute atomic E-state index is 8.77. The summed E-state index contributed by atoms with van der Waals surface area (Å²) in [6.45, 7) is 0. The molecule has 1 fully saturated rings. The second-order valence-corrected chi connectivity index (χ2v) is 3.82. The summed E-state index contributed by atoms with van der Waals surface area (Å²) in [7, 11) is 0. The van der Waals surface area contributed by atoms with Crippen LogP contribution >= 0.6 is 0 Å². The summed E-state index contributed by atoms with van der Waals surface area (Å²) in [6, 6.07) is 2.40. The van der Waals surface area contributed by atoms with Crippen molar-refractivity contribution < 1.29 is 0 Å². The zero-order chi connectivity index (χ0) is 7.68. The predicted octanol–water partition coefficient (Wildman–Crippen LogP) is 2.50. The number of hydrogen-bond acceptors (Lipinski definition) is 1. The van der Waals surface area contributed by atoms with Crippen molar-refractivity contribution >= 4 is 0 Å². The Balaban J connectivity index is 2.09. The zero-order valence-electron chi connectivity index (χ0n) is 6.66. The standard InChI is InChI=1S/C10H13N/c11-7-10-5-8-2-1-3-9(4-8)6-10/h1-2,8-10H,3-6H2. The highest BCUT2D eigenvalue weighted by Crippen LogP contribution is 2.38. The zero-order valence-corrected chi connectivity index (χ0v) is 6.66. The van der Waals surface area contributed by atoms with Crippen LogP contribution in [0.1, 0.15) is 25.7 Å². The van der Waals surface area contributed by atoms with Gasteiger partial charge in [0.05, 0.1) is 6.07 Å². The van der Waals surface area contributed by atoms with Crippen LogP contribution in [0, 0.1) is 29.1 Å².